The first-order valence-electron chi connectivity index (χ1n) is 5.60. The van der Waals surface area contributed by atoms with E-state index in [2.05, 4.69) is 23.7 Å². The van der Waals surface area contributed by atoms with E-state index in [1.54, 1.807) is 11.3 Å². The fourth-order valence-corrected chi connectivity index (χ4v) is 4.67. The van der Waals surface area contributed by atoms with Crippen molar-refractivity contribution in [3.05, 3.63) is 21.9 Å². The molecule has 90 valence electrons. The lowest BCUT2D eigenvalue weighted by Gasteiger charge is -2.10. The van der Waals surface area contributed by atoms with Crippen LogP contribution in [-0.4, -0.2) is 26.0 Å². The van der Waals surface area contributed by atoms with Gasteiger partial charge in [0, 0.05) is 17.5 Å². The van der Waals surface area contributed by atoms with Crippen LogP contribution in [0, 0.1) is 0 Å². The minimum Gasteiger partial charge on any atom is -0.308 e. The van der Waals surface area contributed by atoms with E-state index in [0.29, 0.717) is 11.5 Å². The molecule has 1 saturated heterocycles. The third-order valence-corrected chi connectivity index (χ3v) is 5.73. The second-order valence-electron chi connectivity index (χ2n) is 4.20. The molecule has 1 N–H and O–H groups in total. The first kappa shape index (κ1) is 12.1. The third kappa shape index (κ3) is 2.84. The van der Waals surface area contributed by atoms with Crippen molar-refractivity contribution < 1.29 is 8.42 Å². The Morgan fingerprint density at radius 2 is 2.38 bits per heavy atom. The molecule has 1 unspecified atom stereocenters. The van der Waals surface area contributed by atoms with Gasteiger partial charge in [-0.25, -0.2) is 8.42 Å². The molecule has 0 bridgehead atoms. The van der Waals surface area contributed by atoms with Gasteiger partial charge < -0.3 is 5.32 Å². The average molecular weight is 259 g/mol. The van der Waals surface area contributed by atoms with Crippen LogP contribution in [0.25, 0.3) is 0 Å². The van der Waals surface area contributed by atoms with Gasteiger partial charge in [-0.1, -0.05) is 6.92 Å². The Labute approximate surface area is 101 Å². The van der Waals surface area contributed by atoms with Crippen molar-refractivity contribution in [1.82, 2.24) is 5.32 Å². The minimum absolute atomic E-state index is 0.150. The van der Waals surface area contributed by atoms with Gasteiger partial charge in [0.05, 0.1) is 11.5 Å². The molecule has 16 heavy (non-hydrogen) atoms. The molecule has 3 nitrogen and oxygen atoms in total. The summed E-state index contributed by atoms with van der Waals surface area (Å²) in [5, 5.41) is 5.44. The summed E-state index contributed by atoms with van der Waals surface area (Å²) < 4.78 is 22.6. The van der Waals surface area contributed by atoms with E-state index in [9.17, 15) is 8.42 Å². The second-order valence-corrected chi connectivity index (χ2v) is 7.43. The molecule has 5 heteroatoms. The van der Waals surface area contributed by atoms with E-state index in [1.807, 2.05) is 0 Å². The normalized spacial score (nSPS) is 23.7. The van der Waals surface area contributed by atoms with Gasteiger partial charge in [-0.15, -0.1) is 11.3 Å². The Balaban J connectivity index is 1.89. The van der Waals surface area contributed by atoms with Gasteiger partial charge in [0.2, 0.25) is 0 Å². The van der Waals surface area contributed by atoms with Crippen LogP contribution >= 0.6 is 11.3 Å². The maximum Gasteiger partial charge on any atom is 0.151 e. The molecule has 0 saturated carbocycles. The minimum atomic E-state index is -2.76. The molecule has 0 aromatic carbocycles. The van der Waals surface area contributed by atoms with Gasteiger partial charge in [0.15, 0.2) is 9.84 Å². The third-order valence-electron chi connectivity index (χ3n) is 3.00. The summed E-state index contributed by atoms with van der Waals surface area (Å²) in [7, 11) is -2.76. The fourth-order valence-electron chi connectivity index (χ4n) is 2.03. The number of thiophene rings is 1. The standard InChI is InChI=1S/C11H17NO2S2/c1-2-9-3-5-15-11(9)7-12-10-4-6-16(13,14)8-10/h3,5,10,12H,2,4,6-8H2,1H3. The zero-order chi connectivity index (χ0) is 11.6. The van der Waals surface area contributed by atoms with Crippen LogP contribution in [0.15, 0.2) is 11.4 Å². The summed E-state index contributed by atoms with van der Waals surface area (Å²) in [6.45, 7) is 2.95. The molecular weight excluding hydrogens is 242 g/mol. The van der Waals surface area contributed by atoms with Crippen molar-refractivity contribution in [2.75, 3.05) is 11.5 Å². The maximum atomic E-state index is 11.3. The Morgan fingerprint density at radius 1 is 1.56 bits per heavy atom. The molecule has 1 atom stereocenters. The zero-order valence-corrected chi connectivity index (χ0v) is 11.0. The van der Waals surface area contributed by atoms with Gasteiger partial charge >= 0.3 is 0 Å². The van der Waals surface area contributed by atoms with Gasteiger partial charge in [0.1, 0.15) is 0 Å². The Hall–Kier alpha value is -0.390. The molecule has 1 aliphatic heterocycles. The van der Waals surface area contributed by atoms with Crippen molar-refractivity contribution in [3.8, 4) is 0 Å². The number of aryl methyl sites for hydroxylation is 1. The topological polar surface area (TPSA) is 46.2 Å². The lowest BCUT2D eigenvalue weighted by molar-refractivity contribution is 0.556. The molecule has 2 rings (SSSR count). The van der Waals surface area contributed by atoms with E-state index < -0.39 is 9.84 Å². The van der Waals surface area contributed by atoms with E-state index in [0.717, 1.165) is 19.4 Å². The molecule has 0 amide bonds. The molecule has 2 heterocycles. The van der Waals surface area contributed by atoms with Crippen LogP contribution in [0.1, 0.15) is 23.8 Å². The van der Waals surface area contributed by atoms with Crippen molar-refractivity contribution >= 4 is 21.2 Å². The quantitative estimate of drug-likeness (QED) is 0.893. The first-order chi connectivity index (χ1) is 7.61. The monoisotopic (exact) mass is 259 g/mol. The molecule has 1 aromatic heterocycles. The van der Waals surface area contributed by atoms with Crippen molar-refractivity contribution in [2.45, 2.75) is 32.4 Å². The highest BCUT2D eigenvalue weighted by molar-refractivity contribution is 7.91. The number of sulfone groups is 1. The molecule has 0 aliphatic carbocycles. The summed E-state index contributed by atoms with van der Waals surface area (Å²) in [4.78, 5) is 1.34. The lowest BCUT2D eigenvalue weighted by Crippen LogP contribution is -2.29. The summed E-state index contributed by atoms with van der Waals surface area (Å²) >= 11 is 1.75. The van der Waals surface area contributed by atoms with Crippen LogP contribution in [0.3, 0.4) is 0 Å². The largest absolute Gasteiger partial charge is 0.308 e. The van der Waals surface area contributed by atoms with Crippen LogP contribution in [0.5, 0.6) is 0 Å². The zero-order valence-electron chi connectivity index (χ0n) is 9.40. The Kier molecular flexibility index (Phi) is 3.66. The molecule has 1 aliphatic rings. The molecule has 1 aromatic rings. The van der Waals surface area contributed by atoms with Gasteiger partial charge in [-0.3, -0.25) is 0 Å². The predicted molar refractivity (Wildman–Crippen MR) is 67.6 cm³/mol. The SMILES string of the molecule is CCc1ccsc1CNC1CCS(=O)(=O)C1. The lowest BCUT2D eigenvalue weighted by atomic mass is 10.2. The van der Waals surface area contributed by atoms with Crippen LogP contribution in [0.2, 0.25) is 0 Å². The van der Waals surface area contributed by atoms with Crippen LogP contribution in [-0.2, 0) is 22.8 Å². The molecular formula is C11H17NO2S2. The van der Waals surface area contributed by atoms with E-state index in [1.165, 1.54) is 10.4 Å². The average Bonchev–Trinajstić information content (AvgIpc) is 2.81. The van der Waals surface area contributed by atoms with E-state index in [4.69, 9.17) is 0 Å². The summed E-state index contributed by atoms with van der Waals surface area (Å²) in [6.07, 6.45) is 1.80. The highest BCUT2D eigenvalue weighted by atomic mass is 32.2. The van der Waals surface area contributed by atoms with Crippen molar-refractivity contribution in [3.63, 3.8) is 0 Å². The number of hydrogen-bond donors (Lipinski definition) is 1. The molecule has 0 spiro atoms. The number of nitrogens with one attached hydrogen (secondary N) is 1. The molecule has 0 radical (unpaired) electrons. The van der Waals surface area contributed by atoms with Crippen molar-refractivity contribution in [1.29, 1.82) is 0 Å². The number of rotatable bonds is 4. The van der Waals surface area contributed by atoms with Crippen LogP contribution < -0.4 is 5.32 Å². The van der Waals surface area contributed by atoms with Gasteiger partial charge in [-0.05, 0) is 29.9 Å². The first-order valence-corrected chi connectivity index (χ1v) is 8.30. The Morgan fingerprint density at radius 3 is 3.00 bits per heavy atom. The number of hydrogen-bond acceptors (Lipinski definition) is 4. The van der Waals surface area contributed by atoms with E-state index >= 15 is 0 Å². The fraction of sp³-hybridized carbons (Fsp3) is 0.636. The predicted octanol–water partition coefficient (Wildman–Crippen LogP) is 1.59. The molecule has 1 fully saturated rings. The smallest absolute Gasteiger partial charge is 0.151 e. The van der Waals surface area contributed by atoms with Crippen molar-refractivity contribution in [2.24, 2.45) is 0 Å². The maximum absolute atomic E-state index is 11.3. The summed E-state index contributed by atoms with van der Waals surface area (Å²) in [5.41, 5.74) is 1.37. The Bertz CT molecular complexity index is 450. The second kappa shape index (κ2) is 4.85. The van der Waals surface area contributed by atoms with E-state index in [-0.39, 0.29) is 6.04 Å². The summed E-state index contributed by atoms with van der Waals surface area (Å²) in [6, 6.07) is 2.30. The highest BCUT2D eigenvalue weighted by Crippen LogP contribution is 2.18. The summed E-state index contributed by atoms with van der Waals surface area (Å²) in [5.74, 6) is 0.648. The van der Waals surface area contributed by atoms with Crippen LogP contribution in [0.4, 0.5) is 0 Å². The van der Waals surface area contributed by atoms with Gasteiger partial charge in [0.25, 0.3) is 0 Å². The van der Waals surface area contributed by atoms with Gasteiger partial charge in [-0.2, -0.15) is 0 Å². The highest BCUT2D eigenvalue weighted by Gasteiger charge is 2.27.